The molecular formula is C11H11N3O2. The van der Waals surface area contributed by atoms with Crippen LogP contribution in [0.3, 0.4) is 0 Å². The molecule has 0 spiro atoms. The topological polar surface area (TPSA) is 77.0 Å². The summed E-state index contributed by atoms with van der Waals surface area (Å²) in [7, 11) is 0. The Hall–Kier alpha value is -2.09. The number of hydrogen-bond donors (Lipinski definition) is 1. The molecule has 0 bridgehead atoms. The van der Waals surface area contributed by atoms with E-state index >= 15 is 0 Å². The van der Waals surface area contributed by atoms with Crippen molar-refractivity contribution in [3.05, 3.63) is 34.2 Å². The summed E-state index contributed by atoms with van der Waals surface area (Å²) in [5.74, 6) is -0.276. The number of carbonyl (C=O) groups excluding carboxylic acids is 1. The zero-order chi connectivity index (χ0) is 11.5. The van der Waals surface area contributed by atoms with Crippen LogP contribution < -0.4 is 5.56 Å². The number of amides is 1. The van der Waals surface area contributed by atoms with Crippen molar-refractivity contribution in [1.29, 1.82) is 5.26 Å². The van der Waals surface area contributed by atoms with Gasteiger partial charge in [-0.25, -0.2) is 0 Å². The summed E-state index contributed by atoms with van der Waals surface area (Å²) in [6, 6.07) is 6.16. The third-order valence-electron chi connectivity index (χ3n) is 2.66. The van der Waals surface area contributed by atoms with Gasteiger partial charge in [-0.1, -0.05) is 6.07 Å². The van der Waals surface area contributed by atoms with Crippen molar-refractivity contribution in [3.8, 4) is 6.07 Å². The number of carbonyl (C=O) groups is 1. The molecule has 1 saturated heterocycles. The highest BCUT2D eigenvalue weighted by molar-refractivity contribution is 5.92. The van der Waals surface area contributed by atoms with E-state index in [1.165, 1.54) is 17.0 Å². The Kier molecular flexibility index (Phi) is 2.73. The SMILES string of the molecule is N#CC1CCCN1C(=O)c1cccc(=O)[nH]1. The Morgan fingerprint density at radius 1 is 1.56 bits per heavy atom. The Labute approximate surface area is 92.3 Å². The van der Waals surface area contributed by atoms with Gasteiger partial charge in [0.2, 0.25) is 5.56 Å². The monoisotopic (exact) mass is 217 g/mol. The first-order valence-corrected chi connectivity index (χ1v) is 5.12. The maximum atomic E-state index is 12.0. The summed E-state index contributed by atoms with van der Waals surface area (Å²) in [5, 5.41) is 8.87. The van der Waals surface area contributed by atoms with E-state index in [4.69, 9.17) is 5.26 Å². The van der Waals surface area contributed by atoms with Gasteiger partial charge in [0.15, 0.2) is 0 Å². The fourth-order valence-corrected chi connectivity index (χ4v) is 1.87. The Bertz CT molecular complexity index is 500. The van der Waals surface area contributed by atoms with Crippen LogP contribution in [0.15, 0.2) is 23.0 Å². The van der Waals surface area contributed by atoms with Crippen molar-refractivity contribution in [2.75, 3.05) is 6.54 Å². The van der Waals surface area contributed by atoms with Crippen molar-refractivity contribution in [3.63, 3.8) is 0 Å². The molecule has 1 aliphatic heterocycles. The fraction of sp³-hybridized carbons (Fsp3) is 0.364. The third-order valence-corrected chi connectivity index (χ3v) is 2.66. The maximum Gasteiger partial charge on any atom is 0.271 e. The lowest BCUT2D eigenvalue weighted by molar-refractivity contribution is 0.0758. The molecule has 1 aromatic heterocycles. The second-order valence-corrected chi connectivity index (χ2v) is 3.71. The normalized spacial score (nSPS) is 19.4. The number of pyridine rings is 1. The predicted octanol–water partition coefficient (Wildman–Crippen LogP) is 0.503. The van der Waals surface area contributed by atoms with E-state index < -0.39 is 0 Å². The second kappa shape index (κ2) is 4.19. The van der Waals surface area contributed by atoms with Gasteiger partial charge in [0, 0.05) is 12.6 Å². The molecule has 5 heteroatoms. The van der Waals surface area contributed by atoms with Crippen molar-refractivity contribution in [1.82, 2.24) is 9.88 Å². The molecule has 0 aromatic carbocycles. The molecule has 1 atom stereocenters. The minimum absolute atomic E-state index is 0.245. The molecule has 82 valence electrons. The van der Waals surface area contributed by atoms with E-state index in [1.54, 1.807) is 6.07 Å². The summed E-state index contributed by atoms with van der Waals surface area (Å²) in [6.45, 7) is 0.577. The van der Waals surface area contributed by atoms with Crippen LogP contribution in [-0.4, -0.2) is 28.4 Å². The lowest BCUT2D eigenvalue weighted by Gasteiger charge is -2.18. The van der Waals surface area contributed by atoms with E-state index in [-0.39, 0.29) is 23.2 Å². The molecule has 1 unspecified atom stereocenters. The van der Waals surface area contributed by atoms with Crippen molar-refractivity contribution in [2.45, 2.75) is 18.9 Å². The number of nitriles is 1. The standard InChI is InChI=1S/C11H11N3O2/c12-7-8-3-2-6-14(8)11(16)9-4-1-5-10(15)13-9/h1,4-5,8H,2-3,6H2,(H,13,15). The molecule has 1 amide bonds. The first-order valence-electron chi connectivity index (χ1n) is 5.12. The first kappa shape index (κ1) is 10.4. The van der Waals surface area contributed by atoms with E-state index in [2.05, 4.69) is 11.1 Å². The van der Waals surface area contributed by atoms with Crippen molar-refractivity contribution < 1.29 is 4.79 Å². The van der Waals surface area contributed by atoms with Gasteiger partial charge in [-0.3, -0.25) is 9.59 Å². The molecule has 0 radical (unpaired) electrons. The van der Waals surface area contributed by atoms with E-state index in [9.17, 15) is 9.59 Å². The predicted molar refractivity (Wildman–Crippen MR) is 56.7 cm³/mol. The van der Waals surface area contributed by atoms with Crippen LogP contribution in [0.4, 0.5) is 0 Å². The summed E-state index contributed by atoms with van der Waals surface area (Å²) in [6.07, 6.45) is 1.54. The highest BCUT2D eigenvalue weighted by Crippen LogP contribution is 2.18. The molecular weight excluding hydrogens is 206 g/mol. The van der Waals surface area contributed by atoms with Gasteiger partial charge in [-0.2, -0.15) is 5.26 Å². The third kappa shape index (κ3) is 1.82. The number of nitrogens with zero attached hydrogens (tertiary/aromatic N) is 2. The van der Waals surface area contributed by atoms with Crippen LogP contribution >= 0.6 is 0 Å². The van der Waals surface area contributed by atoms with Gasteiger partial charge in [-0.15, -0.1) is 0 Å². The smallest absolute Gasteiger partial charge is 0.271 e. The van der Waals surface area contributed by atoms with Crippen LogP contribution in [0.2, 0.25) is 0 Å². The molecule has 5 nitrogen and oxygen atoms in total. The summed E-state index contributed by atoms with van der Waals surface area (Å²) >= 11 is 0. The Morgan fingerprint density at radius 2 is 2.38 bits per heavy atom. The highest BCUT2D eigenvalue weighted by Gasteiger charge is 2.29. The quantitative estimate of drug-likeness (QED) is 0.744. The number of rotatable bonds is 1. The van der Waals surface area contributed by atoms with Gasteiger partial charge in [0.05, 0.1) is 6.07 Å². The van der Waals surface area contributed by atoms with Gasteiger partial charge < -0.3 is 9.88 Å². The molecule has 1 aliphatic rings. The average molecular weight is 217 g/mol. The first-order chi connectivity index (χ1) is 7.72. The van der Waals surface area contributed by atoms with Gasteiger partial charge in [0.1, 0.15) is 11.7 Å². The highest BCUT2D eigenvalue weighted by atomic mass is 16.2. The van der Waals surface area contributed by atoms with Crippen LogP contribution in [0, 0.1) is 11.3 Å². The van der Waals surface area contributed by atoms with E-state index in [1.807, 2.05) is 0 Å². The molecule has 0 saturated carbocycles. The zero-order valence-corrected chi connectivity index (χ0v) is 8.64. The largest absolute Gasteiger partial charge is 0.321 e. The number of nitrogens with one attached hydrogen (secondary N) is 1. The Morgan fingerprint density at radius 3 is 3.06 bits per heavy atom. The Balaban J connectivity index is 2.26. The molecule has 2 rings (SSSR count). The van der Waals surface area contributed by atoms with Crippen LogP contribution in [0.25, 0.3) is 0 Å². The number of aromatic nitrogens is 1. The van der Waals surface area contributed by atoms with Gasteiger partial charge in [0.25, 0.3) is 5.91 Å². The molecule has 1 fully saturated rings. The minimum atomic E-state index is -0.365. The maximum absolute atomic E-state index is 12.0. The zero-order valence-electron chi connectivity index (χ0n) is 8.64. The molecule has 16 heavy (non-hydrogen) atoms. The molecule has 2 heterocycles. The molecule has 1 N–H and O–H groups in total. The number of H-pyrrole nitrogens is 1. The lowest BCUT2D eigenvalue weighted by Crippen LogP contribution is -2.35. The van der Waals surface area contributed by atoms with E-state index in [0.717, 1.165) is 6.42 Å². The summed E-state index contributed by atoms with van der Waals surface area (Å²) in [4.78, 5) is 27.0. The minimum Gasteiger partial charge on any atom is -0.321 e. The summed E-state index contributed by atoms with van der Waals surface area (Å²) in [5.41, 5.74) is -0.0618. The number of aromatic amines is 1. The van der Waals surface area contributed by atoms with Crippen LogP contribution in [-0.2, 0) is 0 Å². The van der Waals surface area contributed by atoms with Gasteiger partial charge >= 0.3 is 0 Å². The second-order valence-electron chi connectivity index (χ2n) is 3.71. The van der Waals surface area contributed by atoms with Gasteiger partial charge in [-0.05, 0) is 18.9 Å². The van der Waals surface area contributed by atoms with Crippen LogP contribution in [0.5, 0.6) is 0 Å². The lowest BCUT2D eigenvalue weighted by atomic mass is 10.2. The van der Waals surface area contributed by atoms with Crippen molar-refractivity contribution in [2.24, 2.45) is 0 Å². The number of hydrogen-bond acceptors (Lipinski definition) is 3. The molecule has 1 aromatic rings. The van der Waals surface area contributed by atoms with Crippen molar-refractivity contribution >= 4 is 5.91 Å². The van der Waals surface area contributed by atoms with Crippen LogP contribution in [0.1, 0.15) is 23.3 Å². The number of likely N-dealkylation sites (tertiary alicyclic amines) is 1. The summed E-state index contributed by atoms with van der Waals surface area (Å²) < 4.78 is 0. The average Bonchev–Trinajstić information content (AvgIpc) is 2.76. The molecule has 0 aliphatic carbocycles. The fourth-order valence-electron chi connectivity index (χ4n) is 1.87. The van der Waals surface area contributed by atoms with E-state index in [0.29, 0.717) is 13.0 Å².